The third-order valence-corrected chi connectivity index (χ3v) is 2.42. The molecule has 0 aliphatic carbocycles. The fraction of sp³-hybridized carbons (Fsp3) is 0.500. The highest BCUT2D eigenvalue weighted by Crippen LogP contribution is 2.12. The number of nitrogens with one attached hydrogen (secondary N) is 1. The molecule has 0 atom stereocenters. The lowest BCUT2D eigenvalue weighted by Gasteiger charge is -2.20. The molecule has 0 fully saturated rings. The minimum atomic E-state index is -0.494. The van der Waals surface area contributed by atoms with Crippen molar-refractivity contribution in [2.75, 3.05) is 0 Å². The Bertz CT molecular complexity index is 422. The minimum Gasteiger partial charge on any atom is -0.444 e. The number of hydrogen-bond donors (Lipinski definition) is 2. The summed E-state index contributed by atoms with van der Waals surface area (Å²) in [6, 6.07) is 5.68. The second kappa shape index (κ2) is 5.87. The molecule has 1 rings (SSSR count). The maximum absolute atomic E-state index is 11.5. The van der Waals surface area contributed by atoms with Crippen LogP contribution in [0.4, 0.5) is 4.79 Å². The largest absolute Gasteiger partial charge is 0.444 e. The highest BCUT2D eigenvalue weighted by atomic mass is 16.6. The Morgan fingerprint density at radius 2 is 2.06 bits per heavy atom. The van der Waals surface area contributed by atoms with E-state index >= 15 is 0 Å². The minimum absolute atomic E-state index is 0.000280. The standard InChI is InChI=1S/C14H21NO3/c1-10-5-6-11(9-16)7-12(10)8-15-13(17)18-14(2,3)4/h5-7,16H,8-9H2,1-4H3,(H,15,17). The zero-order valence-corrected chi connectivity index (χ0v) is 11.4. The lowest BCUT2D eigenvalue weighted by atomic mass is 10.1. The summed E-state index contributed by atoms with van der Waals surface area (Å²) in [5, 5.41) is 11.8. The summed E-state index contributed by atoms with van der Waals surface area (Å²) in [4.78, 5) is 11.5. The molecule has 1 aromatic rings. The van der Waals surface area contributed by atoms with Crippen molar-refractivity contribution < 1.29 is 14.6 Å². The molecule has 0 aliphatic heterocycles. The molecule has 2 N–H and O–H groups in total. The Labute approximate surface area is 108 Å². The maximum atomic E-state index is 11.5. The highest BCUT2D eigenvalue weighted by Gasteiger charge is 2.15. The summed E-state index contributed by atoms with van der Waals surface area (Å²) in [6.45, 7) is 7.83. The lowest BCUT2D eigenvalue weighted by Crippen LogP contribution is -2.32. The summed E-state index contributed by atoms with van der Waals surface area (Å²) in [6.07, 6.45) is -0.434. The van der Waals surface area contributed by atoms with Crippen LogP contribution >= 0.6 is 0 Å². The molecule has 0 aromatic heterocycles. The molecule has 4 nitrogen and oxygen atoms in total. The molecule has 0 unspecified atom stereocenters. The van der Waals surface area contributed by atoms with Gasteiger partial charge in [0.1, 0.15) is 5.60 Å². The van der Waals surface area contributed by atoms with Gasteiger partial charge in [0.05, 0.1) is 6.61 Å². The van der Waals surface area contributed by atoms with Crippen LogP contribution in [0.3, 0.4) is 0 Å². The number of amides is 1. The van der Waals surface area contributed by atoms with Crippen molar-refractivity contribution in [2.24, 2.45) is 0 Å². The molecule has 0 bridgehead atoms. The molecule has 0 radical (unpaired) electrons. The Balaban J connectivity index is 2.60. The molecule has 0 saturated heterocycles. The van der Waals surface area contributed by atoms with E-state index in [0.29, 0.717) is 6.54 Å². The van der Waals surface area contributed by atoms with Crippen molar-refractivity contribution in [3.05, 3.63) is 34.9 Å². The third-order valence-electron chi connectivity index (χ3n) is 2.42. The van der Waals surface area contributed by atoms with Crippen molar-refractivity contribution in [1.29, 1.82) is 0 Å². The van der Waals surface area contributed by atoms with Gasteiger partial charge in [-0.3, -0.25) is 0 Å². The number of aryl methyl sites for hydroxylation is 1. The van der Waals surface area contributed by atoms with Crippen LogP contribution in [0.15, 0.2) is 18.2 Å². The molecule has 1 amide bonds. The Hall–Kier alpha value is -1.55. The van der Waals surface area contributed by atoms with E-state index < -0.39 is 11.7 Å². The maximum Gasteiger partial charge on any atom is 0.407 e. The second-order valence-electron chi connectivity index (χ2n) is 5.27. The Morgan fingerprint density at radius 1 is 1.39 bits per heavy atom. The molecule has 100 valence electrons. The van der Waals surface area contributed by atoms with E-state index in [1.807, 2.05) is 45.9 Å². The number of ether oxygens (including phenoxy) is 1. The van der Waals surface area contributed by atoms with Crippen molar-refractivity contribution in [3.63, 3.8) is 0 Å². The van der Waals surface area contributed by atoms with Gasteiger partial charge in [-0.2, -0.15) is 0 Å². The SMILES string of the molecule is Cc1ccc(CO)cc1CNC(=O)OC(C)(C)C. The Morgan fingerprint density at radius 3 is 2.61 bits per heavy atom. The summed E-state index contributed by atoms with van der Waals surface area (Å²) >= 11 is 0. The zero-order valence-electron chi connectivity index (χ0n) is 11.4. The summed E-state index contributed by atoms with van der Waals surface area (Å²) in [5.41, 5.74) is 2.39. The number of carbonyl (C=O) groups excluding carboxylic acids is 1. The number of aliphatic hydroxyl groups excluding tert-OH is 1. The van der Waals surface area contributed by atoms with Gasteiger partial charge in [-0.05, 0) is 44.4 Å². The number of benzene rings is 1. The second-order valence-corrected chi connectivity index (χ2v) is 5.27. The molecular weight excluding hydrogens is 230 g/mol. The highest BCUT2D eigenvalue weighted by molar-refractivity contribution is 5.67. The smallest absolute Gasteiger partial charge is 0.407 e. The van der Waals surface area contributed by atoms with Crippen molar-refractivity contribution in [3.8, 4) is 0 Å². The topological polar surface area (TPSA) is 58.6 Å². The number of rotatable bonds is 3. The predicted octanol–water partition coefficient (Wildman–Crippen LogP) is 2.51. The lowest BCUT2D eigenvalue weighted by molar-refractivity contribution is 0.0523. The van der Waals surface area contributed by atoms with E-state index in [9.17, 15) is 4.79 Å². The third kappa shape index (κ3) is 4.75. The Kier molecular flexibility index (Phi) is 4.73. The van der Waals surface area contributed by atoms with Gasteiger partial charge >= 0.3 is 6.09 Å². The normalized spacial score (nSPS) is 11.2. The van der Waals surface area contributed by atoms with Crippen molar-refractivity contribution in [2.45, 2.75) is 46.4 Å². The van der Waals surface area contributed by atoms with E-state index in [-0.39, 0.29) is 6.61 Å². The molecule has 0 spiro atoms. The van der Waals surface area contributed by atoms with E-state index in [1.165, 1.54) is 0 Å². The van der Waals surface area contributed by atoms with Gasteiger partial charge in [-0.25, -0.2) is 4.79 Å². The zero-order chi connectivity index (χ0) is 13.8. The van der Waals surface area contributed by atoms with Crippen LogP contribution < -0.4 is 5.32 Å². The van der Waals surface area contributed by atoms with Gasteiger partial charge < -0.3 is 15.2 Å². The molecule has 0 saturated carbocycles. The quantitative estimate of drug-likeness (QED) is 0.867. The van der Waals surface area contributed by atoms with Crippen LogP contribution in [0.25, 0.3) is 0 Å². The van der Waals surface area contributed by atoms with E-state index in [0.717, 1.165) is 16.7 Å². The number of aliphatic hydroxyl groups is 1. The fourth-order valence-electron chi connectivity index (χ4n) is 1.50. The first kappa shape index (κ1) is 14.5. The summed E-state index contributed by atoms with van der Waals surface area (Å²) in [5.74, 6) is 0. The van der Waals surface area contributed by atoms with Crippen LogP contribution in [0.2, 0.25) is 0 Å². The summed E-state index contributed by atoms with van der Waals surface area (Å²) in [7, 11) is 0. The average Bonchev–Trinajstić information content (AvgIpc) is 2.25. The molecule has 18 heavy (non-hydrogen) atoms. The molecule has 1 aromatic carbocycles. The average molecular weight is 251 g/mol. The van der Waals surface area contributed by atoms with Crippen LogP contribution in [0.5, 0.6) is 0 Å². The van der Waals surface area contributed by atoms with Crippen LogP contribution in [0, 0.1) is 6.92 Å². The van der Waals surface area contributed by atoms with Gasteiger partial charge in [-0.1, -0.05) is 18.2 Å². The molecule has 0 heterocycles. The first-order chi connectivity index (χ1) is 8.31. The van der Waals surface area contributed by atoms with E-state index in [4.69, 9.17) is 9.84 Å². The van der Waals surface area contributed by atoms with Gasteiger partial charge in [0.15, 0.2) is 0 Å². The van der Waals surface area contributed by atoms with Crippen LogP contribution in [-0.4, -0.2) is 16.8 Å². The van der Waals surface area contributed by atoms with Gasteiger partial charge in [0.2, 0.25) is 0 Å². The monoisotopic (exact) mass is 251 g/mol. The number of carbonyl (C=O) groups is 1. The number of alkyl carbamates (subject to hydrolysis) is 1. The van der Waals surface area contributed by atoms with Crippen molar-refractivity contribution in [1.82, 2.24) is 5.32 Å². The molecule has 0 aliphatic rings. The van der Waals surface area contributed by atoms with Gasteiger partial charge in [0.25, 0.3) is 0 Å². The van der Waals surface area contributed by atoms with Gasteiger partial charge in [0, 0.05) is 6.54 Å². The van der Waals surface area contributed by atoms with E-state index in [1.54, 1.807) is 0 Å². The molecule has 4 heteroatoms. The summed E-state index contributed by atoms with van der Waals surface area (Å²) < 4.78 is 5.16. The molecular formula is C14H21NO3. The number of hydrogen-bond acceptors (Lipinski definition) is 3. The first-order valence-electron chi connectivity index (χ1n) is 5.98. The van der Waals surface area contributed by atoms with Crippen molar-refractivity contribution >= 4 is 6.09 Å². The van der Waals surface area contributed by atoms with Gasteiger partial charge in [-0.15, -0.1) is 0 Å². The fourth-order valence-corrected chi connectivity index (χ4v) is 1.50. The first-order valence-corrected chi connectivity index (χ1v) is 5.98. The van der Waals surface area contributed by atoms with Crippen LogP contribution in [-0.2, 0) is 17.9 Å². The van der Waals surface area contributed by atoms with Crippen LogP contribution in [0.1, 0.15) is 37.5 Å². The van der Waals surface area contributed by atoms with E-state index in [2.05, 4.69) is 5.32 Å². The predicted molar refractivity (Wildman–Crippen MR) is 70.2 cm³/mol.